The van der Waals surface area contributed by atoms with Crippen LogP contribution in [-0.2, 0) is 24.1 Å². The standard InChI is InChI=1S/C27H32F3N7O2S/c1-17(13-27(28,29)30)5-6-18(2)33-26-32-14-21-15-36(16-23(21)34-26)22-8-10-37(19(3)11-22)25(38)20-7-9-31-24(12-20)35-40(4)39/h5-7,9,12,14,19,22H,1-2,8,10-11,13,15-16H2,3-4H3,(H,31,35)(H,32,33,34)/b6-5-/t19-,22+,40?/m1/s1. The zero-order valence-corrected chi connectivity index (χ0v) is 23.2. The zero-order valence-electron chi connectivity index (χ0n) is 22.4. The molecule has 0 spiro atoms. The fourth-order valence-corrected chi connectivity index (χ4v) is 5.34. The van der Waals surface area contributed by atoms with E-state index in [1.807, 2.05) is 11.8 Å². The van der Waals surface area contributed by atoms with Gasteiger partial charge in [-0.1, -0.05) is 19.2 Å². The molecule has 2 aromatic heterocycles. The minimum absolute atomic E-state index is 0.0189. The molecule has 3 atom stereocenters. The Labute approximate surface area is 233 Å². The molecule has 0 bridgehead atoms. The smallest absolute Gasteiger partial charge is 0.336 e. The van der Waals surface area contributed by atoms with E-state index in [9.17, 15) is 22.2 Å². The minimum atomic E-state index is -4.31. The van der Waals surface area contributed by atoms with Crippen LogP contribution in [0.25, 0.3) is 0 Å². The van der Waals surface area contributed by atoms with Crippen molar-refractivity contribution in [1.82, 2.24) is 24.8 Å². The monoisotopic (exact) mass is 575 g/mol. The number of amides is 1. The lowest BCUT2D eigenvalue weighted by molar-refractivity contribution is -0.126. The lowest BCUT2D eigenvalue weighted by atomic mass is 9.96. The first kappa shape index (κ1) is 29.4. The number of fused-ring (bicyclic) bond motifs is 1. The molecule has 13 heteroatoms. The van der Waals surface area contributed by atoms with Gasteiger partial charge in [0, 0.05) is 67.2 Å². The minimum Gasteiger partial charge on any atom is -0.336 e. The molecule has 2 aliphatic heterocycles. The van der Waals surface area contributed by atoms with Crippen LogP contribution in [0.5, 0.6) is 0 Å². The van der Waals surface area contributed by atoms with Gasteiger partial charge in [0.1, 0.15) is 16.8 Å². The number of hydrogen-bond donors (Lipinski definition) is 2. The third-order valence-electron chi connectivity index (χ3n) is 6.78. The van der Waals surface area contributed by atoms with Gasteiger partial charge in [-0.2, -0.15) is 13.2 Å². The Balaban J connectivity index is 1.32. The average Bonchev–Trinajstić information content (AvgIpc) is 3.29. The van der Waals surface area contributed by atoms with Gasteiger partial charge < -0.3 is 10.2 Å². The van der Waals surface area contributed by atoms with Crippen LogP contribution in [0.15, 0.2) is 61.1 Å². The van der Waals surface area contributed by atoms with Crippen LogP contribution >= 0.6 is 0 Å². The number of pyridine rings is 1. The highest BCUT2D eigenvalue weighted by molar-refractivity contribution is 7.85. The molecule has 1 saturated heterocycles. The number of anilines is 2. The van der Waals surface area contributed by atoms with Crippen LogP contribution in [0.3, 0.4) is 0 Å². The van der Waals surface area contributed by atoms with Crippen LogP contribution in [0, 0.1) is 0 Å². The van der Waals surface area contributed by atoms with Gasteiger partial charge in [-0.3, -0.25) is 14.4 Å². The van der Waals surface area contributed by atoms with Crippen molar-refractivity contribution in [3.8, 4) is 0 Å². The number of nitrogens with zero attached hydrogens (tertiary/aromatic N) is 5. The number of hydrogen-bond acceptors (Lipinski definition) is 7. The number of piperidine rings is 1. The van der Waals surface area contributed by atoms with Crippen LogP contribution in [0.2, 0.25) is 0 Å². The highest BCUT2D eigenvalue weighted by atomic mass is 32.2. The molecule has 2 aromatic rings. The lowest BCUT2D eigenvalue weighted by Crippen LogP contribution is -2.50. The van der Waals surface area contributed by atoms with Crippen LogP contribution in [0.1, 0.15) is 47.8 Å². The summed E-state index contributed by atoms with van der Waals surface area (Å²) in [6.07, 6.45) is 3.69. The predicted molar refractivity (Wildman–Crippen MR) is 148 cm³/mol. The molecule has 9 nitrogen and oxygen atoms in total. The van der Waals surface area contributed by atoms with E-state index in [-0.39, 0.29) is 23.6 Å². The van der Waals surface area contributed by atoms with Gasteiger partial charge in [0.25, 0.3) is 5.91 Å². The first-order valence-corrected chi connectivity index (χ1v) is 14.3. The largest absolute Gasteiger partial charge is 0.393 e. The van der Waals surface area contributed by atoms with Crippen molar-refractivity contribution >= 4 is 28.7 Å². The van der Waals surface area contributed by atoms with Gasteiger partial charge in [0.05, 0.1) is 12.1 Å². The Morgan fingerprint density at radius 1 is 1.25 bits per heavy atom. The summed E-state index contributed by atoms with van der Waals surface area (Å²) in [5, 5.41) is 2.92. The van der Waals surface area contributed by atoms with Crippen molar-refractivity contribution in [3.05, 3.63) is 77.9 Å². The molecule has 0 aromatic carbocycles. The Bertz CT molecular complexity index is 1350. The highest BCUT2D eigenvalue weighted by Crippen LogP contribution is 2.31. The SMILES string of the molecule is C=C(/C=C\C(=C)Nc1ncc2c(n1)CN([C@H]1CCN(C(=O)c3ccnc(NS(C)=O)c3)[C@H](C)C1)C2)CC(F)(F)F. The quantitative estimate of drug-likeness (QED) is 0.422. The summed E-state index contributed by atoms with van der Waals surface area (Å²) in [7, 11) is -1.28. The van der Waals surface area contributed by atoms with Crippen LogP contribution in [-0.4, -0.2) is 65.9 Å². The predicted octanol–water partition coefficient (Wildman–Crippen LogP) is 4.58. The van der Waals surface area contributed by atoms with Crippen LogP contribution in [0.4, 0.5) is 24.9 Å². The first-order chi connectivity index (χ1) is 18.9. The number of halogens is 3. The molecule has 2 aliphatic rings. The maximum Gasteiger partial charge on any atom is 0.393 e. The fraction of sp³-hybridized carbons (Fsp3) is 0.407. The Hall–Kier alpha value is -3.58. The topological polar surface area (TPSA) is 103 Å². The molecule has 214 valence electrons. The summed E-state index contributed by atoms with van der Waals surface area (Å²) >= 11 is 0. The van der Waals surface area contributed by atoms with Crippen LogP contribution < -0.4 is 10.0 Å². The Morgan fingerprint density at radius 3 is 2.73 bits per heavy atom. The number of nitrogens with one attached hydrogen (secondary N) is 2. The summed E-state index contributed by atoms with van der Waals surface area (Å²) in [6, 6.07) is 3.56. The second kappa shape index (κ2) is 12.3. The van der Waals surface area contributed by atoms with E-state index in [4.69, 9.17) is 0 Å². The van der Waals surface area contributed by atoms with E-state index < -0.39 is 23.6 Å². The van der Waals surface area contributed by atoms with Gasteiger partial charge in [-0.05, 0) is 43.5 Å². The number of alkyl halides is 3. The Kier molecular flexibility index (Phi) is 9.04. The van der Waals surface area contributed by atoms with Crippen molar-refractivity contribution in [3.63, 3.8) is 0 Å². The molecule has 0 saturated carbocycles. The summed E-state index contributed by atoms with van der Waals surface area (Å²) in [5.41, 5.74) is 2.68. The van der Waals surface area contributed by atoms with E-state index in [1.54, 1.807) is 18.3 Å². The molecule has 4 rings (SSSR count). The molecule has 40 heavy (non-hydrogen) atoms. The molecule has 2 N–H and O–H groups in total. The lowest BCUT2D eigenvalue weighted by Gasteiger charge is -2.41. The van der Waals surface area contributed by atoms with Crippen molar-refractivity contribution < 1.29 is 22.2 Å². The summed E-state index contributed by atoms with van der Waals surface area (Å²) < 4.78 is 51.6. The fourth-order valence-electron chi connectivity index (χ4n) is 4.93. The van der Waals surface area contributed by atoms with E-state index >= 15 is 0 Å². The van der Waals surface area contributed by atoms with Gasteiger partial charge in [0.2, 0.25) is 5.95 Å². The molecule has 0 radical (unpaired) electrons. The first-order valence-electron chi connectivity index (χ1n) is 12.7. The van der Waals surface area contributed by atoms with Gasteiger partial charge in [-0.25, -0.2) is 19.2 Å². The molecule has 0 aliphatic carbocycles. The zero-order chi connectivity index (χ0) is 29.0. The summed E-state index contributed by atoms with van der Waals surface area (Å²) in [4.78, 5) is 30.5. The number of rotatable bonds is 9. The van der Waals surface area contributed by atoms with Crippen molar-refractivity contribution in [1.29, 1.82) is 0 Å². The molecular weight excluding hydrogens is 543 g/mol. The van der Waals surface area contributed by atoms with E-state index in [1.165, 1.54) is 24.6 Å². The summed E-state index contributed by atoms with van der Waals surface area (Å²) in [6.45, 7) is 11.2. The third kappa shape index (κ3) is 7.75. The Morgan fingerprint density at radius 2 is 2.02 bits per heavy atom. The number of carbonyl (C=O) groups excluding carboxylic acids is 1. The highest BCUT2D eigenvalue weighted by Gasteiger charge is 2.35. The molecule has 1 amide bonds. The maximum absolute atomic E-state index is 13.2. The van der Waals surface area contributed by atoms with E-state index in [0.29, 0.717) is 42.7 Å². The number of carbonyl (C=O) groups is 1. The molecule has 1 fully saturated rings. The maximum atomic E-state index is 13.2. The van der Waals surface area contributed by atoms with Crippen molar-refractivity contribution in [2.75, 3.05) is 22.8 Å². The molecular formula is C27H32F3N7O2S. The third-order valence-corrected chi connectivity index (χ3v) is 7.28. The number of likely N-dealkylation sites (tertiary alicyclic amines) is 1. The van der Waals surface area contributed by atoms with Gasteiger partial charge in [-0.15, -0.1) is 0 Å². The number of allylic oxidation sites excluding steroid dienone is 3. The van der Waals surface area contributed by atoms with Crippen molar-refractivity contribution in [2.24, 2.45) is 0 Å². The second-order valence-corrected chi connectivity index (χ2v) is 11.1. The second-order valence-electron chi connectivity index (χ2n) is 10.0. The van der Waals surface area contributed by atoms with Gasteiger partial charge in [0.15, 0.2) is 0 Å². The number of aromatic nitrogens is 3. The summed E-state index contributed by atoms with van der Waals surface area (Å²) in [5.74, 6) is 0.634. The van der Waals surface area contributed by atoms with Crippen molar-refractivity contribution in [2.45, 2.75) is 57.5 Å². The molecule has 4 heterocycles. The molecule has 1 unspecified atom stereocenters. The van der Waals surface area contributed by atoms with E-state index in [2.05, 4.69) is 43.0 Å². The normalized spacial score (nSPS) is 20.3. The van der Waals surface area contributed by atoms with Gasteiger partial charge >= 0.3 is 6.18 Å². The average molecular weight is 576 g/mol. The van der Waals surface area contributed by atoms with E-state index in [0.717, 1.165) is 24.1 Å².